The molecule has 0 radical (unpaired) electrons. The SMILES string of the molecule is Cn1c(Cl)cnc1COC(=O)c1nc(Cl)c(Cl)c(N)c1Cl. The van der Waals surface area contributed by atoms with E-state index >= 15 is 0 Å². The summed E-state index contributed by atoms with van der Waals surface area (Å²) >= 11 is 23.3. The van der Waals surface area contributed by atoms with E-state index in [1.165, 1.54) is 6.20 Å². The highest BCUT2D eigenvalue weighted by atomic mass is 35.5. The van der Waals surface area contributed by atoms with Crippen molar-refractivity contribution in [2.45, 2.75) is 6.61 Å². The largest absolute Gasteiger partial charge is 0.453 e. The van der Waals surface area contributed by atoms with Crippen molar-refractivity contribution in [1.82, 2.24) is 14.5 Å². The van der Waals surface area contributed by atoms with Gasteiger partial charge >= 0.3 is 5.97 Å². The fourth-order valence-corrected chi connectivity index (χ4v) is 2.16. The molecule has 112 valence electrons. The Hall–Kier alpha value is -1.21. The molecule has 2 heterocycles. The first-order valence-electron chi connectivity index (χ1n) is 5.46. The lowest BCUT2D eigenvalue weighted by Gasteiger charge is -2.09. The molecule has 21 heavy (non-hydrogen) atoms. The van der Waals surface area contributed by atoms with Gasteiger partial charge in [0.05, 0.1) is 16.9 Å². The molecular formula is C11H8Cl4N4O2. The second kappa shape index (κ2) is 6.27. The molecule has 2 rings (SSSR count). The average Bonchev–Trinajstić information content (AvgIpc) is 2.78. The molecule has 0 fully saturated rings. The highest BCUT2D eigenvalue weighted by molar-refractivity contribution is 6.46. The van der Waals surface area contributed by atoms with Crippen LogP contribution in [0.2, 0.25) is 20.4 Å². The number of nitrogens with two attached hydrogens (primary N) is 1. The minimum absolute atomic E-state index is 0.0194. The first kappa shape index (κ1) is 16.2. The maximum atomic E-state index is 12.0. The molecule has 2 N–H and O–H groups in total. The zero-order valence-corrected chi connectivity index (χ0v) is 13.6. The molecule has 0 aliphatic rings. The third-order valence-electron chi connectivity index (χ3n) is 2.63. The molecule has 0 aromatic carbocycles. The van der Waals surface area contributed by atoms with Crippen molar-refractivity contribution in [2.24, 2.45) is 7.05 Å². The van der Waals surface area contributed by atoms with E-state index in [1.54, 1.807) is 11.6 Å². The summed E-state index contributed by atoms with van der Waals surface area (Å²) in [6, 6.07) is 0. The minimum Gasteiger partial charge on any atom is -0.453 e. The third kappa shape index (κ3) is 3.18. The molecule has 2 aromatic rings. The third-order valence-corrected chi connectivity index (χ3v) is 4.11. The number of carbonyl (C=O) groups excluding carboxylic acids is 1. The molecule has 2 aromatic heterocycles. The smallest absolute Gasteiger partial charge is 0.359 e. The molecule has 0 unspecified atom stereocenters. The Morgan fingerprint density at radius 2 is 2.00 bits per heavy atom. The number of rotatable bonds is 3. The van der Waals surface area contributed by atoms with Crippen molar-refractivity contribution in [1.29, 1.82) is 0 Å². The first-order valence-corrected chi connectivity index (χ1v) is 6.97. The Morgan fingerprint density at radius 3 is 2.57 bits per heavy atom. The van der Waals surface area contributed by atoms with Crippen molar-refractivity contribution in [3.63, 3.8) is 0 Å². The van der Waals surface area contributed by atoms with Gasteiger partial charge in [-0.05, 0) is 0 Å². The number of aromatic nitrogens is 3. The van der Waals surface area contributed by atoms with E-state index in [0.29, 0.717) is 11.0 Å². The Bertz CT molecular complexity index is 717. The van der Waals surface area contributed by atoms with Crippen LogP contribution in [-0.4, -0.2) is 20.5 Å². The van der Waals surface area contributed by atoms with Crippen LogP contribution in [0.1, 0.15) is 16.3 Å². The van der Waals surface area contributed by atoms with Gasteiger partial charge in [0, 0.05) is 7.05 Å². The van der Waals surface area contributed by atoms with Crippen LogP contribution in [0.4, 0.5) is 5.69 Å². The fraction of sp³-hybridized carbons (Fsp3) is 0.182. The van der Waals surface area contributed by atoms with Gasteiger partial charge in [-0.3, -0.25) is 0 Å². The number of carbonyl (C=O) groups is 1. The molecule has 0 aliphatic heterocycles. The second-order valence-corrected chi connectivity index (χ2v) is 5.43. The Morgan fingerprint density at radius 1 is 1.33 bits per heavy atom. The lowest BCUT2D eigenvalue weighted by atomic mass is 10.3. The number of imidazole rings is 1. The summed E-state index contributed by atoms with van der Waals surface area (Å²) in [4.78, 5) is 19.7. The lowest BCUT2D eigenvalue weighted by molar-refractivity contribution is 0.0452. The zero-order chi connectivity index (χ0) is 15.7. The molecule has 10 heteroatoms. The van der Waals surface area contributed by atoms with Crippen molar-refractivity contribution < 1.29 is 9.53 Å². The van der Waals surface area contributed by atoms with E-state index < -0.39 is 5.97 Å². The molecular weight excluding hydrogens is 362 g/mol. The average molecular weight is 370 g/mol. The summed E-state index contributed by atoms with van der Waals surface area (Å²) in [7, 11) is 1.68. The molecule has 0 aliphatic carbocycles. The van der Waals surface area contributed by atoms with Crippen molar-refractivity contribution in [3.05, 3.63) is 38.1 Å². The number of nitrogen functional groups attached to an aromatic ring is 1. The summed E-state index contributed by atoms with van der Waals surface area (Å²) in [5.41, 5.74) is 5.37. The van der Waals surface area contributed by atoms with Gasteiger partial charge in [0.2, 0.25) is 0 Å². The fourth-order valence-electron chi connectivity index (χ4n) is 1.42. The van der Waals surface area contributed by atoms with E-state index in [9.17, 15) is 4.79 Å². The van der Waals surface area contributed by atoms with E-state index in [4.69, 9.17) is 56.9 Å². The molecule has 6 nitrogen and oxygen atoms in total. The van der Waals surface area contributed by atoms with E-state index in [1.807, 2.05) is 0 Å². The van der Waals surface area contributed by atoms with Gasteiger partial charge in [-0.1, -0.05) is 46.4 Å². The molecule has 0 spiro atoms. The van der Waals surface area contributed by atoms with Crippen LogP contribution in [0.15, 0.2) is 6.20 Å². The van der Waals surface area contributed by atoms with Gasteiger partial charge in [-0.15, -0.1) is 0 Å². The number of anilines is 1. The monoisotopic (exact) mass is 368 g/mol. The van der Waals surface area contributed by atoms with Gasteiger partial charge in [-0.2, -0.15) is 0 Å². The zero-order valence-electron chi connectivity index (χ0n) is 10.5. The van der Waals surface area contributed by atoms with Crippen LogP contribution >= 0.6 is 46.4 Å². The summed E-state index contributed by atoms with van der Waals surface area (Å²) < 4.78 is 6.62. The number of hydrogen-bond donors (Lipinski definition) is 1. The predicted octanol–water partition coefficient (Wildman–Crippen LogP) is 3.37. The number of pyridine rings is 1. The van der Waals surface area contributed by atoms with Gasteiger partial charge in [-0.25, -0.2) is 14.8 Å². The topological polar surface area (TPSA) is 83.0 Å². The van der Waals surface area contributed by atoms with Crippen LogP contribution in [0.25, 0.3) is 0 Å². The normalized spacial score (nSPS) is 10.7. The first-order chi connectivity index (χ1) is 9.82. The minimum atomic E-state index is -0.801. The maximum absolute atomic E-state index is 12.0. The summed E-state index contributed by atoms with van der Waals surface area (Å²) in [6.07, 6.45) is 1.44. The van der Waals surface area contributed by atoms with Gasteiger partial charge in [0.25, 0.3) is 0 Å². The van der Waals surface area contributed by atoms with E-state index in [2.05, 4.69) is 9.97 Å². The molecule has 0 saturated carbocycles. The highest BCUT2D eigenvalue weighted by Crippen LogP contribution is 2.34. The van der Waals surface area contributed by atoms with Crippen molar-refractivity contribution in [2.75, 3.05) is 5.73 Å². The maximum Gasteiger partial charge on any atom is 0.359 e. The van der Waals surface area contributed by atoms with E-state index in [0.717, 1.165) is 0 Å². The van der Waals surface area contributed by atoms with Crippen LogP contribution < -0.4 is 5.73 Å². The number of hydrogen-bond acceptors (Lipinski definition) is 5. The quantitative estimate of drug-likeness (QED) is 0.662. The van der Waals surface area contributed by atoms with Crippen molar-refractivity contribution in [3.8, 4) is 0 Å². The van der Waals surface area contributed by atoms with E-state index in [-0.39, 0.29) is 33.2 Å². The molecule has 0 saturated heterocycles. The van der Waals surface area contributed by atoms with Gasteiger partial charge in [0.1, 0.15) is 22.6 Å². The van der Waals surface area contributed by atoms with Crippen LogP contribution in [0.5, 0.6) is 0 Å². The Balaban J connectivity index is 2.20. The van der Waals surface area contributed by atoms with Crippen LogP contribution in [0.3, 0.4) is 0 Å². The summed E-state index contributed by atoms with van der Waals surface area (Å²) in [5, 5.41) is 0.142. The van der Waals surface area contributed by atoms with Gasteiger partial charge in [0.15, 0.2) is 10.8 Å². The number of nitrogens with zero attached hydrogens (tertiary/aromatic N) is 3. The van der Waals surface area contributed by atoms with Gasteiger partial charge < -0.3 is 15.0 Å². The summed E-state index contributed by atoms with van der Waals surface area (Å²) in [6.45, 7) is -0.111. The molecule has 0 amide bonds. The predicted molar refractivity (Wildman–Crippen MR) is 81.0 cm³/mol. The van der Waals surface area contributed by atoms with Crippen molar-refractivity contribution >= 4 is 58.1 Å². The standard InChI is InChI=1S/C11H8Cl4N4O2/c1-19-4(12)2-17-5(19)3-21-11(20)9-6(13)8(16)7(14)10(15)18-9/h2H,3H2,1H3,(H2,16,18). The Labute approximate surface area is 139 Å². The highest BCUT2D eigenvalue weighted by Gasteiger charge is 2.21. The summed E-state index contributed by atoms with van der Waals surface area (Å²) in [5.74, 6) is -0.345. The number of halogens is 4. The number of esters is 1. The Kier molecular flexibility index (Phi) is 4.83. The molecule has 0 bridgehead atoms. The lowest BCUT2D eigenvalue weighted by Crippen LogP contribution is -2.12. The van der Waals surface area contributed by atoms with Crippen LogP contribution in [-0.2, 0) is 18.4 Å². The number of ether oxygens (including phenoxy) is 1. The second-order valence-electron chi connectivity index (χ2n) is 3.93. The molecule has 0 atom stereocenters. The van der Waals surface area contributed by atoms with Crippen LogP contribution in [0, 0.1) is 0 Å².